The number of rotatable bonds is 4. The van der Waals surface area contributed by atoms with Crippen molar-refractivity contribution < 1.29 is 31.7 Å². The number of carbonyl (C=O) groups excluding carboxylic acids is 2. The molecule has 2 aromatic heterocycles. The summed E-state index contributed by atoms with van der Waals surface area (Å²) in [5.41, 5.74) is -1.16. The second-order valence-corrected chi connectivity index (χ2v) is 7.38. The number of hydrogen-bond donors (Lipinski definition) is 2. The molecule has 4 rings (SSSR count). The van der Waals surface area contributed by atoms with Crippen LogP contribution in [0.4, 0.5) is 28.9 Å². The SMILES string of the molecule is CC(=O)Nc1cc(NC(=O)c2cc(-c3ccccc3C(F)(F)F)nc3onc(C)c23)ccc1F. The molecule has 0 aliphatic heterocycles. The molecule has 0 unspecified atom stereocenters. The lowest BCUT2D eigenvalue weighted by Gasteiger charge is -2.13. The number of alkyl halides is 3. The topological polar surface area (TPSA) is 97.1 Å². The summed E-state index contributed by atoms with van der Waals surface area (Å²) in [5.74, 6) is -1.93. The number of amides is 2. The van der Waals surface area contributed by atoms with Crippen LogP contribution in [0.1, 0.15) is 28.5 Å². The third-order valence-corrected chi connectivity index (χ3v) is 4.91. The molecule has 0 bridgehead atoms. The Morgan fingerprint density at radius 1 is 1.03 bits per heavy atom. The number of halogens is 4. The largest absolute Gasteiger partial charge is 0.417 e. The van der Waals surface area contributed by atoms with Gasteiger partial charge in [-0.15, -0.1) is 0 Å². The van der Waals surface area contributed by atoms with E-state index < -0.39 is 29.4 Å². The van der Waals surface area contributed by atoms with Crippen LogP contribution in [-0.2, 0) is 11.0 Å². The van der Waals surface area contributed by atoms with Gasteiger partial charge in [0.05, 0.1) is 33.6 Å². The summed E-state index contributed by atoms with van der Waals surface area (Å²) < 4.78 is 59.7. The average Bonchev–Trinajstić information content (AvgIpc) is 3.15. The quantitative estimate of drug-likeness (QED) is 0.379. The first-order chi connectivity index (χ1) is 16.0. The van der Waals surface area contributed by atoms with Crippen molar-refractivity contribution >= 4 is 34.3 Å². The Labute approximate surface area is 189 Å². The summed E-state index contributed by atoms with van der Waals surface area (Å²) in [6, 6.07) is 9.58. The number of anilines is 2. The summed E-state index contributed by atoms with van der Waals surface area (Å²) in [6.07, 6.45) is -4.65. The molecule has 0 fully saturated rings. The highest BCUT2D eigenvalue weighted by Crippen LogP contribution is 2.37. The number of carbonyl (C=O) groups is 2. The standard InChI is InChI=1S/C23H16F4N4O3/c1-11-20-15(21(33)29-13-7-8-17(24)19(9-13)28-12(2)32)10-18(30-22(20)34-31-11)14-5-3-4-6-16(14)23(25,26)27/h3-10H,1-2H3,(H,28,32)(H,29,33). The fourth-order valence-electron chi connectivity index (χ4n) is 3.45. The highest BCUT2D eigenvalue weighted by Gasteiger charge is 2.34. The molecule has 0 saturated carbocycles. The van der Waals surface area contributed by atoms with E-state index in [2.05, 4.69) is 20.8 Å². The minimum Gasteiger partial charge on any atom is -0.335 e. The Kier molecular flexibility index (Phi) is 5.78. The van der Waals surface area contributed by atoms with Gasteiger partial charge in [0.25, 0.3) is 11.6 Å². The molecule has 0 saturated heterocycles. The number of aromatic nitrogens is 2. The second kappa shape index (κ2) is 8.58. The Morgan fingerprint density at radius 3 is 2.47 bits per heavy atom. The molecule has 34 heavy (non-hydrogen) atoms. The molecule has 0 radical (unpaired) electrons. The molecular formula is C23H16F4N4O3. The highest BCUT2D eigenvalue weighted by molar-refractivity contribution is 6.13. The maximum atomic E-state index is 13.9. The van der Waals surface area contributed by atoms with Crippen molar-refractivity contribution in [2.24, 2.45) is 0 Å². The van der Waals surface area contributed by atoms with Gasteiger partial charge >= 0.3 is 6.18 Å². The van der Waals surface area contributed by atoms with E-state index in [9.17, 15) is 27.2 Å². The number of aryl methyl sites for hydroxylation is 1. The van der Waals surface area contributed by atoms with E-state index in [4.69, 9.17) is 4.52 Å². The summed E-state index contributed by atoms with van der Waals surface area (Å²) in [4.78, 5) is 28.6. The molecule has 2 amide bonds. The first kappa shape index (κ1) is 22.9. The van der Waals surface area contributed by atoms with E-state index in [0.717, 1.165) is 12.1 Å². The summed E-state index contributed by atoms with van der Waals surface area (Å²) in [6.45, 7) is 2.76. The molecule has 2 aromatic carbocycles. The van der Waals surface area contributed by atoms with Crippen LogP contribution in [0.2, 0.25) is 0 Å². The summed E-state index contributed by atoms with van der Waals surface area (Å²) >= 11 is 0. The smallest absolute Gasteiger partial charge is 0.335 e. The van der Waals surface area contributed by atoms with Gasteiger partial charge < -0.3 is 15.2 Å². The predicted molar refractivity (Wildman–Crippen MR) is 116 cm³/mol. The number of fused-ring (bicyclic) bond motifs is 1. The van der Waals surface area contributed by atoms with Gasteiger partial charge in [-0.1, -0.05) is 23.4 Å². The van der Waals surface area contributed by atoms with Crippen LogP contribution in [0.3, 0.4) is 0 Å². The van der Waals surface area contributed by atoms with E-state index in [1.54, 1.807) is 6.92 Å². The van der Waals surface area contributed by atoms with Crippen LogP contribution < -0.4 is 10.6 Å². The van der Waals surface area contributed by atoms with E-state index in [1.807, 2.05) is 0 Å². The van der Waals surface area contributed by atoms with Gasteiger partial charge in [-0.3, -0.25) is 9.59 Å². The first-order valence-electron chi connectivity index (χ1n) is 9.86. The van der Waals surface area contributed by atoms with Crippen molar-refractivity contribution in [1.82, 2.24) is 10.1 Å². The normalized spacial score (nSPS) is 11.5. The fraction of sp³-hybridized carbons (Fsp3) is 0.130. The van der Waals surface area contributed by atoms with Crippen molar-refractivity contribution in [3.05, 3.63) is 71.2 Å². The van der Waals surface area contributed by atoms with Crippen LogP contribution in [-0.4, -0.2) is 22.0 Å². The van der Waals surface area contributed by atoms with Gasteiger partial charge in [0, 0.05) is 18.2 Å². The number of hydrogen-bond acceptors (Lipinski definition) is 5. The highest BCUT2D eigenvalue weighted by atomic mass is 19.4. The van der Waals surface area contributed by atoms with Gasteiger partial charge in [0.2, 0.25) is 5.91 Å². The maximum absolute atomic E-state index is 13.9. The lowest BCUT2D eigenvalue weighted by Crippen LogP contribution is -2.14. The number of pyridine rings is 1. The van der Waals surface area contributed by atoms with Crippen molar-refractivity contribution in [1.29, 1.82) is 0 Å². The summed E-state index contributed by atoms with van der Waals surface area (Å²) in [5, 5.41) is 8.85. The molecule has 174 valence electrons. The van der Waals surface area contributed by atoms with Crippen LogP contribution in [0.25, 0.3) is 22.4 Å². The van der Waals surface area contributed by atoms with Crippen LogP contribution in [0.15, 0.2) is 53.1 Å². The second-order valence-electron chi connectivity index (χ2n) is 7.38. The van der Waals surface area contributed by atoms with E-state index in [-0.39, 0.29) is 39.3 Å². The molecule has 7 nitrogen and oxygen atoms in total. The van der Waals surface area contributed by atoms with E-state index >= 15 is 0 Å². The van der Waals surface area contributed by atoms with E-state index in [0.29, 0.717) is 5.69 Å². The zero-order valence-electron chi connectivity index (χ0n) is 17.7. The zero-order chi connectivity index (χ0) is 24.6. The lowest BCUT2D eigenvalue weighted by molar-refractivity contribution is -0.137. The van der Waals surface area contributed by atoms with Gasteiger partial charge in [-0.2, -0.15) is 13.2 Å². The molecule has 0 aliphatic carbocycles. The Bertz CT molecular complexity index is 1430. The Balaban J connectivity index is 1.80. The van der Waals surface area contributed by atoms with Crippen molar-refractivity contribution in [2.45, 2.75) is 20.0 Å². The molecule has 0 atom stereocenters. The van der Waals surface area contributed by atoms with Gasteiger partial charge in [0.15, 0.2) is 0 Å². The van der Waals surface area contributed by atoms with Gasteiger partial charge in [-0.05, 0) is 37.3 Å². The van der Waals surface area contributed by atoms with Crippen molar-refractivity contribution in [3.63, 3.8) is 0 Å². The molecule has 2 N–H and O–H groups in total. The number of nitrogens with zero attached hydrogens (tertiary/aromatic N) is 2. The lowest BCUT2D eigenvalue weighted by atomic mass is 10.0. The summed E-state index contributed by atoms with van der Waals surface area (Å²) in [7, 11) is 0. The minimum atomic E-state index is -4.65. The molecule has 2 heterocycles. The monoisotopic (exact) mass is 472 g/mol. The zero-order valence-corrected chi connectivity index (χ0v) is 17.7. The van der Waals surface area contributed by atoms with E-state index in [1.165, 1.54) is 43.3 Å². The minimum absolute atomic E-state index is 0.0406. The molecule has 0 spiro atoms. The van der Waals surface area contributed by atoms with Crippen molar-refractivity contribution in [2.75, 3.05) is 10.6 Å². The van der Waals surface area contributed by atoms with Crippen LogP contribution >= 0.6 is 0 Å². The maximum Gasteiger partial charge on any atom is 0.417 e. The van der Waals surface area contributed by atoms with Gasteiger partial charge in [0.1, 0.15) is 5.82 Å². The Morgan fingerprint density at radius 2 is 1.76 bits per heavy atom. The molecule has 4 aromatic rings. The van der Waals surface area contributed by atoms with Crippen molar-refractivity contribution in [3.8, 4) is 11.3 Å². The average molecular weight is 472 g/mol. The van der Waals surface area contributed by atoms with Gasteiger partial charge in [-0.25, -0.2) is 9.37 Å². The third kappa shape index (κ3) is 4.45. The molecule has 0 aliphatic rings. The molecular weight excluding hydrogens is 456 g/mol. The molecule has 11 heteroatoms. The Hall–Kier alpha value is -4.28. The number of benzene rings is 2. The van der Waals surface area contributed by atoms with Crippen LogP contribution in [0.5, 0.6) is 0 Å². The number of nitrogens with one attached hydrogen (secondary N) is 2. The fourth-order valence-corrected chi connectivity index (χ4v) is 3.45. The predicted octanol–water partition coefficient (Wildman–Crippen LogP) is 5.57. The van der Waals surface area contributed by atoms with Crippen LogP contribution in [0, 0.1) is 12.7 Å². The third-order valence-electron chi connectivity index (χ3n) is 4.91. The first-order valence-corrected chi connectivity index (χ1v) is 9.86.